The molecule has 0 aliphatic carbocycles. The summed E-state index contributed by atoms with van der Waals surface area (Å²) in [5.74, 6) is 2.40. The Morgan fingerprint density at radius 3 is 2.74 bits per heavy atom. The predicted octanol–water partition coefficient (Wildman–Crippen LogP) is 2.39. The monoisotopic (exact) mass is 490 g/mol. The van der Waals surface area contributed by atoms with E-state index in [0.29, 0.717) is 19.6 Å². The Hall–Kier alpha value is -1.71. The zero-order valence-electron chi connectivity index (χ0n) is 16.6. The van der Waals surface area contributed by atoms with Gasteiger partial charge in [0, 0.05) is 39.1 Å². The quantitative estimate of drug-likeness (QED) is 0.349. The van der Waals surface area contributed by atoms with Crippen molar-refractivity contribution in [3.63, 3.8) is 0 Å². The lowest BCUT2D eigenvalue weighted by Crippen LogP contribution is -2.44. The number of nitrogens with zero attached hydrogens (tertiary/aromatic N) is 2. The Balaban J connectivity index is 0.00000364. The van der Waals surface area contributed by atoms with Gasteiger partial charge in [-0.05, 0) is 31.0 Å². The molecular weight excluding hydrogens is 459 g/mol. The van der Waals surface area contributed by atoms with Crippen molar-refractivity contribution in [3.05, 3.63) is 23.8 Å². The van der Waals surface area contributed by atoms with Gasteiger partial charge in [-0.25, -0.2) is 0 Å². The average molecular weight is 490 g/mol. The lowest BCUT2D eigenvalue weighted by molar-refractivity contribution is -0.129. The molecule has 1 heterocycles. The third-order valence-electron chi connectivity index (χ3n) is 4.40. The molecule has 1 amide bonds. The minimum Gasteiger partial charge on any atom is -0.493 e. The molecule has 7 nitrogen and oxygen atoms in total. The van der Waals surface area contributed by atoms with Gasteiger partial charge in [0.05, 0.1) is 13.7 Å². The number of halogens is 1. The number of nitrogens with one attached hydrogen (secondary N) is 2. The molecule has 1 saturated heterocycles. The fraction of sp³-hybridized carbons (Fsp3) is 0.579. The van der Waals surface area contributed by atoms with E-state index in [4.69, 9.17) is 9.47 Å². The highest BCUT2D eigenvalue weighted by Gasteiger charge is 2.25. The van der Waals surface area contributed by atoms with Crippen molar-refractivity contribution in [2.75, 3.05) is 33.9 Å². The number of hydrogen-bond acceptors (Lipinski definition) is 4. The first kappa shape index (κ1) is 23.3. The van der Waals surface area contributed by atoms with E-state index in [2.05, 4.69) is 15.6 Å². The molecule has 1 fully saturated rings. The minimum absolute atomic E-state index is 0. The first-order valence-electron chi connectivity index (χ1n) is 9.15. The Morgan fingerprint density at radius 2 is 2.11 bits per heavy atom. The summed E-state index contributed by atoms with van der Waals surface area (Å²) in [7, 11) is 3.38. The number of aliphatic imine (C=N–C) groups is 1. The highest BCUT2D eigenvalue weighted by molar-refractivity contribution is 14.0. The van der Waals surface area contributed by atoms with E-state index in [9.17, 15) is 4.79 Å². The highest BCUT2D eigenvalue weighted by atomic mass is 127. The van der Waals surface area contributed by atoms with Crippen molar-refractivity contribution < 1.29 is 14.3 Å². The fourth-order valence-corrected chi connectivity index (χ4v) is 3.00. The second-order valence-corrected chi connectivity index (χ2v) is 6.17. The summed E-state index contributed by atoms with van der Waals surface area (Å²) in [5, 5.41) is 6.71. The molecular formula is C19H31IN4O3. The second-order valence-electron chi connectivity index (χ2n) is 6.17. The lowest BCUT2D eigenvalue weighted by atomic mass is 10.2. The standard InChI is InChI=1S/C19H30N4O3.HI/c1-5-18(24)23-10-9-15(13-23)22-19(20-3)21-12-14-7-8-16(25-4)17(11-14)26-6-2;/h7-8,11,15H,5-6,9-10,12-13H2,1-4H3,(H2,20,21,22);1H. The molecule has 0 bridgehead atoms. The van der Waals surface area contributed by atoms with Crippen molar-refractivity contribution in [1.29, 1.82) is 0 Å². The Morgan fingerprint density at radius 1 is 1.33 bits per heavy atom. The lowest BCUT2D eigenvalue weighted by Gasteiger charge is -2.19. The maximum Gasteiger partial charge on any atom is 0.222 e. The Labute approximate surface area is 178 Å². The third kappa shape index (κ3) is 6.75. The predicted molar refractivity (Wildman–Crippen MR) is 118 cm³/mol. The van der Waals surface area contributed by atoms with Crippen molar-refractivity contribution in [1.82, 2.24) is 15.5 Å². The van der Waals surface area contributed by atoms with E-state index in [1.807, 2.05) is 36.9 Å². The number of carbonyl (C=O) groups excluding carboxylic acids is 1. The molecule has 1 aromatic carbocycles. The van der Waals surface area contributed by atoms with E-state index >= 15 is 0 Å². The minimum atomic E-state index is 0. The van der Waals surface area contributed by atoms with Gasteiger partial charge < -0.3 is 25.0 Å². The summed E-state index contributed by atoms with van der Waals surface area (Å²) < 4.78 is 10.9. The summed E-state index contributed by atoms with van der Waals surface area (Å²) >= 11 is 0. The van der Waals surface area contributed by atoms with Crippen LogP contribution < -0.4 is 20.1 Å². The normalized spacial score (nSPS) is 16.5. The van der Waals surface area contributed by atoms with Crippen LogP contribution >= 0.6 is 24.0 Å². The third-order valence-corrected chi connectivity index (χ3v) is 4.40. The second kappa shape index (κ2) is 11.9. The summed E-state index contributed by atoms with van der Waals surface area (Å²) in [6.07, 6.45) is 1.49. The molecule has 2 N–H and O–H groups in total. The Bertz CT molecular complexity index is 639. The van der Waals surface area contributed by atoms with Gasteiger partial charge >= 0.3 is 0 Å². The van der Waals surface area contributed by atoms with Gasteiger partial charge in [0.25, 0.3) is 0 Å². The summed E-state index contributed by atoms with van der Waals surface area (Å²) in [6, 6.07) is 6.11. The van der Waals surface area contributed by atoms with Gasteiger partial charge in [-0.15, -0.1) is 24.0 Å². The van der Waals surface area contributed by atoms with Gasteiger partial charge in [-0.2, -0.15) is 0 Å². The van der Waals surface area contributed by atoms with Crippen LogP contribution in [0.15, 0.2) is 23.2 Å². The maximum atomic E-state index is 11.8. The van der Waals surface area contributed by atoms with Gasteiger partial charge in [-0.1, -0.05) is 13.0 Å². The van der Waals surface area contributed by atoms with Crippen LogP contribution in [-0.2, 0) is 11.3 Å². The van der Waals surface area contributed by atoms with Crippen LogP contribution in [0.2, 0.25) is 0 Å². The van der Waals surface area contributed by atoms with Crippen molar-refractivity contribution in [2.45, 2.75) is 39.3 Å². The zero-order valence-corrected chi connectivity index (χ0v) is 18.9. The van der Waals surface area contributed by atoms with Crippen molar-refractivity contribution in [3.8, 4) is 11.5 Å². The SMILES string of the molecule is CCOc1cc(CNC(=NC)NC2CCN(C(=O)CC)C2)ccc1OC.I. The molecule has 27 heavy (non-hydrogen) atoms. The number of ether oxygens (including phenoxy) is 2. The molecule has 1 atom stereocenters. The maximum absolute atomic E-state index is 11.8. The first-order chi connectivity index (χ1) is 12.6. The van der Waals surface area contributed by atoms with Gasteiger partial charge in [0.15, 0.2) is 17.5 Å². The number of likely N-dealkylation sites (tertiary alicyclic amines) is 1. The van der Waals surface area contributed by atoms with Crippen LogP contribution in [0.4, 0.5) is 0 Å². The first-order valence-corrected chi connectivity index (χ1v) is 9.15. The summed E-state index contributed by atoms with van der Waals surface area (Å²) in [5.41, 5.74) is 1.08. The topological polar surface area (TPSA) is 75.2 Å². The highest BCUT2D eigenvalue weighted by Crippen LogP contribution is 2.27. The molecule has 0 aromatic heterocycles. The molecule has 1 unspecified atom stereocenters. The van der Waals surface area contributed by atoms with E-state index < -0.39 is 0 Å². The van der Waals surface area contributed by atoms with Crippen molar-refractivity contribution >= 4 is 35.8 Å². The van der Waals surface area contributed by atoms with Crippen LogP contribution in [-0.4, -0.2) is 56.7 Å². The molecule has 1 aliphatic rings. The van der Waals surface area contributed by atoms with E-state index in [1.165, 1.54) is 0 Å². The molecule has 0 radical (unpaired) electrons. The molecule has 8 heteroatoms. The van der Waals surface area contributed by atoms with Crippen LogP contribution in [0.1, 0.15) is 32.3 Å². The number of guanidine groups is 1. The van der Waals surface area contributed by atoms with E-state index in [0.717, 1.165) is 42.5 Å². The number of rotatable bonds is 7. The fourth-order valence-electron chi connectivity index (χ4n) is 3.00. The van der Waals surface area contributed by atoms with Crippen molar-refractivity contribution in [2.24, 2.45) is 4.99 Å². The average Bonchev–Trinajstić information content (AvgIpc) is 3.13. The van der Waals surface area contributed by atoms with Crippen LogP contribution in [0, 0.1) is 0 Å². The summed E-state index contributed by atoms with van der Waals surface area (Å²) in [4.78, 5) is 18.0. The number of methoxy groups -OCH3 is 1. The smallest absolute Gasteiger partial charge is 0.222 e. The molecule has 2 rings (SSSR count). The van der Waals surface area contributed by atoms with Crippen LogP contribution in [0.25, 0.3) is 0 Å². The van der Waals surface area contributed by atoms with E-state index in [-0.39, 0.29) is 35.9 Å². The number of benzene rings is 1. The molecule has 152 valence electrons. The summed E-state index contributed by atoms with van der Waals surface area (Å²) in [6.45, 7) is 6.58. The van der Waals surface area contributed by atoms with E-state index in [1.54, 1.807) is 14.2 Å². The molecule has 1 aliphatic heterocycles. The van der Waals surface area contributed by atoms with Gasteiger partial charge in [0.2, 0.25) is 5.91 Å². The van der Waals surface area contributed by atoms with Gasteiger partial charge in [-0.3, -0.25) is 9.79 Å². The Kier molecular flexibility index (Phi) is 10.3. The molecule has 1 aromatic rings. The largest absolute Gasteiger partial charge is 0.493 e. The molecule has 0 spiro atoms. The van der Waals surface area contributed by atoms with Gasteiger partial charge in [0.1, 0.15) is 0 Å². The number of hydrogen-bond donors (Lipinski definition) is 2. The van der Waals surface area contributed by atoms with Crippen LogP contribution in [0.3, 0.4) is 0 Å². The molecule has 0 saturated carbocycles. The number of carbonyl (C=O) groups is 1. The zero-order chi connectivity index (χ0) is 18.9. The van der Waals surface area contributed by atoms with Crippen LogP contribution in [0.5, 0.6) is 11.5 Å². The number of amides is 1.